The Morgan fingerprint density at radius 1 is 0.970 bits per heavy atom. The van der Waals surface area contributed by atoms with E-state index in [4.69, 9.17) is 9.72 Å². The minimum Gasteiger partial charge on any atom is -0.465 e. The Morgan fingerprint density at radius 3 is 2.42 bits per heavy atom. The van der Waals surface area contributed by atoms with Crippen LogP contribution in [0.25, 0.3) is 11.0 Å². The number of benzene rings is 3. The Balaban J connectivity index is 1.77. The first-order valence-electron chi connectivity index (χ1n) is 11.1. The predicted octanol–water partition coefficient (Wildman–Crippen LogP) is 4.66. The van der Waals surface area contributed by atoms with E-state index in [1.54, 1.807) is 11.8 Å². The molecule has 1 aromatic heterocycles. The minimum absolute atomic E-state index is 0.208. The van der Waals surface area contributed by atoms with Crippen LogP contribution in [0, 0.1) is 12.8 Å². The van der Waals surface area contributed by atoms with Crippen molar-refractivity contribution < 1.29 is 14.3 Å². The van der Waals surface area contributed by atoms with Gasteiger partial charge in [-0.3, -0.25) is 14.5 Å². The Hall–Kier alpha value is -3.93. The number of para-hydroxylation sites is 2. The second kappa shape index (κ2) is 8.54. The SMILES string of the molecule is CCOC(=O)C1C(=O)N(Cc2ccccc2)c2nc3ccccc3n2C1c1ccccc1C. The minimum atomic E-state index is -1.01. The fourth-order valence-electron chi connectivity index (χ4n) is 4.66. The molecule has 0 fully saturated rings. The van der Waals surface area contributed by atoms with Gasteiger partial charge in [-0.15, -0.1) is 0 Å². The number of anilines is 1. The van der Waals surface area contributed by atoms with Gasteiger partial charge in [-0.2, -0.15) is 0 Å². The van der Waals surface area contributed by atoms with Crippen molar-refractivity contribution in [3.63, 3.8) is 0 Å². The number of carbonyl (C=O) groups excluding carboxylic acids is 2. The van der Waals surface area contributed by atoms with Gasteiger partial charge in [-0.25, -0.2) is 4.98 Å². The van der Waals surface area contributed by atoms with Crippen molar-refractivity contribution in [3.05, 3.63) is 95.6 Å². The smallest absolute Gasteiger partial charge is 0.321 e. The Kier molecular flexibility index (Phi) is 5.42. The molecule has 1 amide bonds. The summed E-state index contributed by atoms with van der Waals surface area (Å²) in [5, 5.41) is 0. The topological polar surface area (TPSA) is 64.4 Å². The van der Waals surface area contributed by atoms with Gasteiger partial charge in [0, 0.05) is 0 Å². The summed E-state index contributed by atoms with van der Waals surface area (Å²) in [6, 6.07) is 24.8. The molecule has 0 N–H and O–H groups in total. The van der Waals surface area contributed by atoms with Crippen LogP contribution in [0.4, 0.5) is 5.95 Å². The lowest BCUT2D eigenvalue weighted by atomic mass is 9.87. The molecule has 0 aliphatic carbocycles. The standard InChI is InChI=1S/C27H25N3O3/c1-3-33-26(32)23-24(20-14-8-7-11-18(20)2)30-22-16-10-9-15-21(22)28-27(30)29(25(23)31)17-19-12-5-4-6-13-19/h4-16,23-24H,3,17H2,1-2H3. The van der Waals surface area contributed by atoms with E-state index in [1.807, 2.05) is 90.4 Å². The first-order valence-corrected chi connectivity index (χ1v) is 11.1. The van der Waals surface area contributed by atoms with Crippen molar-refractivity contribution >= 4 is 28.9 Å². The van der Waals surface area contributed by atoms with Gasteiger partial charge in [0.25, 0.3) is 0 Å². The van der Waals surface area contributed by atoms with Crippen LogP contribution in [0.3, 0.4) is 0 Å². The quantitative estimate of drug-likeness (QED) is 0.335. The van der Waals surface area contributed by atoms with Crippen LogP contribution in [-0.4, -0.2) is 28.0 Å². The van der Waals surface area contributed by atoms with E-state index < -0.39 is 17.9 Å². The van der Waals surface area contributed by atoms with Crippen LogP contribution in [-0.2, 0) is 20.9 Å². The summed E-state index contributed by atoms with van der Waals surface area (Å²) in [6.45, 7) is 4.28. The van der Waals surface area contributed by atoms with Crippen LogP contribution in [0.1, 0.15) is 29.7 Å². The van der Waals surface area contributed by atoms with E-state index in [2.05, 4.69) is 0 Å². The average Bonchev–Trinajstić information content (AvgIpc) is 3.21. The first-order chi connectivity index (χ1) is 16.1. The van der Waals surface area contributed by atoms with Crippen molar-refractivity contribution in [1.29, 1.82) is 0 Å². The zero-order chi connectivity index (χ0) is 22.9. The summed E-state index contributed by atoms with van der Waals surface area (Å²) < 4.78 is 7.46. The van der Waals surface area contributed by atoms with Crippen LogP contribution >= 0.6 is 0 Å². The number of aromatic nitrogens is 2. The van der Waals surface area contributed by atoms with Gasteiger partial charge in [-0.05, 0) is 42.7 Å². The lowest BCUT2D eigenvalue weighted by Gasteiger charge is -2.38. The highest BCUT2D eigenvalue weighted by atomic mass is 16.5. The summed E-state index contributed by atoms with van der Waals surface area (Å²) in [6.07, 6.45) is 0. The number of aryl methyl sites for hydroxylation is 1. The summed E-state index contributed by atoms with van der Waals surface area (Å²) in [4.78, 5) is 33.7. The van der Waals surface area contributed by atoms with Gasteiger partial charge >= 0.3 is 5.97 Å². The number of fused-ring (bicyclic) bond motifs is 3. The molecular weight excluding hydrogens is 414 g/mol. The molecule has 2 atom stereocenters. The molecule has 166 valence electrons. The zero-order valence-electron chi connectivity index (χ0n) is 18.6. The monoisotopic (exact) mass is 439 g/mol. The molecule has 6 heteroatoms. The number of esters is 1. The highest BCUT2D eigenvalue weighted by molar-refractivity contribution is 6.08. The molecule has 1 aliphatic rings. The Morgan fingerprint density at radius 2 is 1.67 bits per heavy atom. The number of hydrogen-bond acceptors (Lipinski definition) is 4. The molecule has 6 nitrogen and oxygen atoms in total. The number of hydrogen-bond donors (Lipinski definition) is 0. The van der Waals surface area contributed by atoms with E-state index in [0.717, 1.165) is 27.7 Å². The number of rotatable bonds is 5. The van der Waals surface area contributed by atoms with Crippen molar-refractivity contribution in [2.24, 2.45) is 5.92 Å². The molecule has 0 bridgehead atoms. The van der Waals surface area contributed by atoms with Gasteiger partial charge in [0.15, 0.2) is 5.92 Å². The molecule has 2 heterocycles. The number of ether oxygens (including phenoxy) is 1. The zero-order valence-corrected chi connectivity index (χ0v) is 18.6. The van der Waals surface area contributed by atoms with Crippen molar-refractivity contribution in [2.45, 2.75) is 26.4 Å². The molecule has 33 heavy (non-hydrogen) atoms. The number of amides is 1. The molecule has 4 aromatic rings. The predicted molar refractivity (Wildman–Crippen MR) is 127 cm³/mol. The highest BCUT2D eigenvalue weighted by Gasteiger charge is 2.48. The van der Waals surface area contributed by atoms with Gasteiger partial charge < -0.3 is 9.30 Å². The lowest BCUT2D eigenvalue weighted by Crippen LogP contribution is -2.50. The van der Waals surface area contributed by atoms with E-state index in [9.17, 15) is 9.59 Å². The third-order valence-electron chi connectivity index (χ3n) is 6.18. The molecule has 0 saturated heterocycles. The van der Waals surface area contributed by atoms with E-state index in [-0.39, 0.29) is 12.5 Å². The molecule has 1 aliphatic heterocycles. The molecule has 3 aromatic carbocycles. The van der Waals surface area contributed by atoms with Crippen LogP contribution in [0.15, 0.2) is 78.9 Å². The molecule has 2 unspecified atom stereocenters. The Labute approximate surface area is 192 Å². The van der Waals surface area contributed by atoms with Gasteiger partial charge in [0.2, 0.25) is 11.9 Å². The van der Waals surface area contributed by atoms with E-state index in [1.165, 1.54) is 0 Å². The summed E-state index contributed by atoms with van der Waals surface area (Å²) in [7, 11) is 0. The summed E-state index contributed by atoms with van der Waals surface area (Å²) >= 11 is 0. The second-order valence-corrected chi connectivity index (χ2v) is 8.21. The first kappa shape index (κ1) is 20.9. The van der Waals surface area contributed by atoms with Gasteiger partial charge in [0.05, 0.1) is 30.2 Å². The van der Waals surface area contributed by atoms with Crippen molar-refractivity contribution in [1.82, 2.24) is 9.55 Å². The van der Waals surface area contributed by atoms with Crippen LogP contribution in [0.2, 0.25) is 0 Å². The maximum absolute atomic E-state index is 14.0. The number of imidazole rings is 1. The fourth-order valence-corrected chi connectivity index (χ4v) is 4.66. The average molecular weight is 440 g/mol. The third-order valence-corrected chi connectivity index (χ3v) is 6.18. The maximum atomic E-state index is 14.0. The van der Waals surface area contributed by atoms with Gasteiger partial charge in [0.1, 0.15) is 0 Å². The van der Waals surface area contributed by atoms with Crippen molar-refractivity contribution in [3.8, 4) is 0 Å². The van der Waals surface area contributed by atoms with Crippen LogP contribution in [0.5, 0.6) is 0 Å². The van der Waals surface area contributed by atoms with E-state index in [0.29, 0.717) is 12.5 Å². The molecule has 0 radical (unpaired) electrons. The normalized spacial score (nSPS) is 17.8. The summed E-state index contributed by atoms with van der Waals surface area (Å²) in [5.41, 5.74) is 4.53. The highest BCUT2D eigenvalue weighted by Crippen LogP contribution is 2.42. The lowest BCUT2D eigenvalue weighted by molar-refractivity contribution is -0.153. The van der Waals surface area contributed by atoms with Crippen LogP contribution < -0.4 is 4.90 Å². The second-order valence-electron chi connectivity index (χ2n) is 8.21. The Bertz CT molecular complexity index is 1330. The summed E-state index contributed by atoms with van der Waals surface area (Å²) in [5.74, 6) is -1.29. The molecule has 0 spiro atoms. The molecule has 5 rings (SSSR count). The van der Waals surface area contributed by atoms with Gasteiger partial charge in [-0.1, -0.05) is 66.7 Å². The number of carbonyl (C=O) groups is 2. The van der Waals surface area contributed by atoms with E-state index >= 15 is 0 Å². The number of nitrogens with zero attached hydrogens (tertiary/aromatic N) is 3. The maximum Gasteiger partial charge on any atom is 0.321 e. The molecular formula is C27H25N3O3. The van der Waals surface area contributed by atoms with Crippen molar-refractivity contribution in [2.75, 3.05) is 11.5 Å². The third kappa shape index (κ3) is 3.57. The molecule has 0 saturated carbocycles. The fraction of sp³-hybridized carbons (Fsp3) is 0.222. The largest absolute Gasteiger partial charge is 0.465 e.